The first kappa shape index (κ1) is 20.9. The van der Waals surface area contributed by atoms with Crippen LogP contribution in [-0.2, 0) is 4.79 Å². The van der Waals surface area contributed by atoms with Gasteiger partial charge in [0, 0.05) is 37.1 Å². The maximum atomic E-state index is 12.9. The van der Waals surface area contributed by atoms with Crippen molar-refractivity contribution in [3.63, 3.8) is 0 Å². The summed E-state index contributed by atoms with van der Waals surface area (Å²) in [6.45, 7) is 4.67. The van der Waals surface area contributed by atoms with E-state index in [1.807, 2.05) is 77.3 Å². The van der Waals surface area contributed by atoms with E-state index in [0.717, 1.165) is 42.2 Å². The minimum atomic E-state index is 0.112. The van der Waals surface area contributed by atoms with Crippen LogP contribution < -0.4 is 9.64 Å². The van der Waals surface area contributed by atoms with E-state index in [1.165, 1.54) is 5.57 Å². The third-order valence-corrected chi connectivity index (χ3v) is 5.63. The van der Waals surface area contributed by atoms with Gasteiger partial charge in [-0.25, -0.2) is 4.68 Å². The molecule has 1 amide bonds. The Labute approximate surface area is 183 Å². The minimum absolute atomic E-state index is 0.112. The molecule has 0 saturated carbocycles. The van der Waals surface area contributed by atoms with Gasteiger partial charge >= 0.3 is 0 Å². The highest BCUT2D eigenvalue weighted by molar-refractivity contribution is 5.94. The van der Waals surface area contributed by atoms with Crippen LogP contribution in [0.25, 0.3) is 11.3 Å². The Morgan fingerprint density at radius 3 is 2.55 bits per heavy atom. The van der Waals surface area contributed by atoms with Gasteiger partial charge in [0.05, 0.1) is 25.5 Å². The van der Waals surface area contributed by atoms with E-state index in [9.17, 15) is 4.79 Å². The van der Waals surface area contributed by atoms with Crippen LogP contribution >= 0.6 is 0 Å². The molecule has 1 aliphatic heterocycles. The van der Waals surface area contributed by atoms with Gasteiger partial charge in [0.25, 0.3) is 0 Å². The Balaban J connectivity index is 1.37. The van der Waals surface area contributed by atoms with Crippen LogP contribution in [0, 0.1) is 0 Å². The molecule has 4 rings (SSSR count). The highest BCUT2D eigenvalue weighted by Gasteiger charge is 2.20. The van der Waals surface area contributed by atoms with Gasteiger partial charge in [0.2, 0.25) is 5.91 Å². The minimum Gasteiger partial charge on any atom is -0.497 e. The second-order valence-corrected chi connectivity index (χ2v) is 7.56. The standard InChI is InChI=1S/C25H28N4O2/c1-3-28(22-9-11-24(31-2)12-10-22)25(30)19-27-15-13-20(14-16-27)21-17-26-29(18-21)23-7-5-4-6-8-23/h4-13,17-18H,3,14-16,19H2,1-2H3. The van der Waals surface area contributed by atoms with E-state index in [0.29, 0.717) is 13.1 Å². The van der Waals surface area contributed by atoms with Crippen LogP contribution in [0.3, 0.4) is 0 Å². The third kappa shape index (κ3) is 4.86. The lowest BCUT2D eigenvalue weighted by molar-refractivity contribution is -0.119. The number of hydrogen-bond donors (Lipinski definition) is 0. The summed E-state index contributed by atoms with van der Waals surface area (Å²) in [4.78, 5) is 16.9. The second-order valence-electron chi connectivity index (χ2n) is 7.56. The van der Waals surface area contributed by atoms with Crippen LogP contribution in [0.5, 0.6) is 5.75 Å². The molecule has 3 aromatic rings. The van der Waals surface area contributed by atoms with Crippen molar-refractivity contribution in [3.05, 3.63) is 78.6 Å². The van der Waals surface area contributed by atoms with Crippen LogP contribution in [-0.4, -0.2) is 53.9 Å². The van der Waals surface area contributed by atoms with Gasteiger partial charge in [-0.05, 0) is 55.3 Å². The zero-order valence-corrected chi connectivity index (χ0v) is 18.1. The number of carbonyl (C=O) groups is 1. The van der Waals surface area contributed by atoms with Crippen molar-refractivity contribution in [2.45, 2.75) is 13.3 Å². The number of carbonyl (C=O) groups excluding carboxylic acids is 1. The topological polar surface area (TPSA) is 50.6 Å². The summed E-state index contributed by atoms with van der Waals surface area (Å²) in [7, 11) is 1.64. The number of amides is 1. The number of ether oxygens (including phenoxy) is 1. The molecule has 0 radical (unpaired) electrons. The van der Waals surface area contributed by atoms with Crippen LogP contribution in [0.1, 0.15) is 18.9 Å². The largest absolute Gasteiger partial charge is 0.497 e. The van der Waals surface area contributed by atoms with E-state index in [2.05, 4.69) is 22.3 Å². The second kappa shape index (κ2) is 9.62. The average molecular weight is 417 g/mol. The number of anilines is 1. The molecule has 0 bridgehead atoms. The molecule has 6 nitrogen and oxygen atoms in total. The van der Waals surface area contributed by atoms with Crippen molar-refractivity contribution in [3.8, 4) is 11.4 Å². The van der Waals surface area contributed by atoms with Crippen molar-refractivity contribution in [1.29, 1.82) is 0 Å². The molecule has 31 heavy (non-hydrogen) atoms. The van der Waals surface area contributed by atoms with Crippen molar-refractivity contribution < 1.29 is 9.53 Å². The molecule has 0 fully saturated rings. The number of nitrogens with zero attached hydrogens (tertiary/aromatic N) is 4. The van der Waals surface area contributed by atoms with Crippen molar-refractivity contribution in [2.24, 2.45) is 0 Å². The summed E-state index contributed by atoms with van der Waals surface area (Å²) < 4.78 is 7.12. The van der Waals surface area contributed by atoms with Crippen LogP contribution in [0.15, 0.2) is 73.1 Å². The van der Waals surface area contributed by atoms with Gasteiger partial charge in [-0.1, -0.05) is 24.3 Å². The highest BCUT2D eigenvalue weighted by Crippen LogP contribution is 2.24. The SMILES string of the molecule is CCN(C(=O)CN1CC=C(c2cnn(-c3ccccc3)c2)CC1)c1ccc(OC)cc1. The number of methoxy groups -OCH3 is 1. The Morgan fingerprint density at radius 2 is 1.90 bits per heavy atom. The van der Waals surface area contributed by atoms with E-state index < -0.39 is 0 Å². The fourth-order valence-electron chi connectivity index (χ4n) is 3.87. The summed E-state index contributed by atoms with van der Waals surface area (Å²) in [6.07, 6.45) is 7.11. The molecule has 0 aliphatic carbocycles. The Kier molecular flexibility index (Phi) is 6.48. The first-order chi connectivity index (χ1) is 15.2. The first-order valence-corrected chi connectivity index (χ1v) is 10.6. The fourth-order valence-corrected chi connectivity index (χ4v) is 3.87. The lowest BCUT2D eigenvalue weighted by Gasteiger charge is -2.29. The molecule has 2 heterocycles. The molecular weight excluding hydrogens is 388 g/mol. The molecule has 160 valence electrons. The molecule has 0 N–H and O–H groups in total. The Morgan fingerprint density at radius 1 is 1.13 bits per heavy atom. The molecular formula is C25H28N4O2. The number of para-hydroxylation sites is 1. The predicted molar refractivity (Wildman–Crippen MR) is 124 cm³/mol. The molecule has 0 unspecified atom stereocenters. The van der Waals surface area contributed by atoms with E-state index in [1.54, 1.807) is 7.11 Å². The van der Waals surface area contributed by atoms with Gasteiger partial charge in [0.15, 0.2) is 0 Å². The van der Waals surface area contributed by atoms with Gasteiger partial charge in [-0.2, -0.15) is 5.10 Å². The monoisotopic (exact) mass is 416 g/mol. The van der Waals surface area contributed by atoms with Crippen LogP contribution in [0.2, 0.25) is 0 Å². The average Bonchev–Trinajstić information content (AvgIpc) is 3.31. The molecule has 0 atom stereocenters. The number of aromatic nitrogens is 2. The van der Waals surface area contributed by atoms with E-state index in [-0.39, 0.29) is 5.91 Å². The van der Waals surface area contributed by atoms with Crippen molar-refractivity contribution in [2.75, 3.05) is 38.2 Å². The predicted octanol–water partition coefficient (Wildman–Crippen LogP) is 4.02. The molecule has 6 heteroatoms. The summed E-state index contributed by atoms with van der Waals surface area (Å²) in [6, 6.07) is 17.7. The van der Waals surface area contributed by atoms with Gasteiger partial charge < -0.3 is 9.64 Å². The smallest absolute Gasteiger partial charge is 0.241 e. The van der Waals surface area contributed by atoms with Crippen molar-refractivity contribution >= 4 is 17.2 Å². The number of benzene rings is 2. The zero-order chi connectivity index (χ0) is 21.6. The molecule has 1 aromatic heterocycles. The lowest BCUT2D eigenvalue weighted by Crippen LogP contribution is -2.41. The fraction of sp³-hybridized carbons (Fsp3) is 0.280. The number of likely N-dealkylation sites (N-methyl/N-ethyl adjacent to an activating group) is 1. The lowest BCUT2D eigenvalue weighted by atomic mass is 10.0. The normalized spacial score (nSPS) is 14.2. The first-order valence-electron chi connectivity index (χ1n) is 10.6. The third-order valence-electron chi connectivity index (χ3n) is 5.63. The van der Waals surface area contributed by atoms with Gasteiger partial charge in [0.1, 0.15) is 5.75 Å². The molecule has 2 aromatic carbocycles. The number of rotatable bonds is 7. The summed E-state index contributed by atoms with van der Waals surface area (Å²) >= 11 is 0. The molecule has 1 aliphatic rings. The Hall–Kier alpha value is -3.38. The van der Waals surface area contributed by atoms with Gasteiger partial charge in [-0.3, -0.25) is 9.69 Å². The quantitative estimate of drug-likeness (QED) is 0.584. The molecule has 0 saturated heterocycles. The zero-order valence-electron chi connectivity index (χ0n) is 18.1. The van der Waals surface area contributed by atoms with Crippen LogP contribution in [0.4, 0.5) is 5.69 Å². The number of hydrogen-bond acceptors (Lipinski definition) is 4. The van der Waals surface area contributed by atoms with E-state index in [4.69, 9.17) is 4.74 Å². The van der Waals surface area contributed by atoms with E-state index >= 15 is 0 Å². The highest BCUT2D eigenvalue weighted by atomic mass is 16.5. The van der Waals surface area contributed by atoms with Crippen molar-refractivity contribution in [1.82, 2.24) is 14.7 Å². The maximum Gasteiger partial charge on any atom is 0.241 e. The summed E-state index contributed by atoms with van der Waals surface area (Å²) in [5, 5.41) is 4.50. The maximum absolute atomic E-state index is 12.9. The van der Waals surface area contributed by atoms with Gasteiger partial charge in [-0.15, -0.1) is 0 Å². The summed E-state index contributed by atoms with van der Waals surface area (Å²) in [5.74, 6) is 0.901. The summed E-state index contributed by atoms with van der Waals surface area (Å²) in [5.41, 5.74) is 4.38. The molecule has 0 spiro atoms. The Bertz CT molecular complexity index is 1040.